The predicted octanol–water partition coefficient (Wildman–Crippen LogP) is 3.74. The Morgan fingerprint density at radius 3 is 2.37 bits per heavy atom. The summed E-state index contributed by atoms with van der Waals surface area (Å²) in [6, 6.07) is 17.6. The van der Waals surface area contributed by atoms with E-state index in [1.165, 1.54) is 0 Å². The third-order valence-corrected chi connectivity index (χ3v) is 5.06. The van der Waals surface area contributed by atoms with Crippen LogP contribution in [-0.2, 0) is 9.59 Å². The van der Waals surface area contributed by atoms with Crippen LogP contribution in [0.15, 0.2) is 54.6 Å². The Hall–Kier alpha value is -2.66. The van der Waals surface area contributed by atoms with Gasteiger partial charge in [-0.1, -0.05) is 56.3 Å². The van der Waals surface area contributed by atoms with Crippen molar-refractivity contribution in [2.24, 2.45) is 5.92 Å². The van der Waals surface area contributed by atoms with Gasteiger partial charge >= 0.3 is 0 Å². The van der Waals surface area contributed by atoms with Crippen molar-refractivity contribution in [3.8, 4) is 0 Å². The number of carbonyl (C=O) groups is 2. The lowest BCUT2D eigenvalue weighted by Crippen LogP contribution is -2.60. The van der Waals surface area contributed by atoms with Crippen LogP contribution in [0.5, 0.6) is 0 Å². The maximum atomic E-state index is 13.2. The smallest absolute Gasteiger partial charge is 0.250 e. The van der Waals surface area contributed by atoms with E-state index in [9.17, 15) is 9.59 Å². The fourth-order valence-electron chi connectivity index (χ4n) is 3.57. The van der Waals surface area contributed by atoms with Gasteiger partial charge in [0.05, 0.1) is 17.9 Å². The fraction of sp³-hybridized carbons (Fsp3) is 0.364. The summed E-state index contributed by atoms with van der Waals surface area (Å²) in [5.74, 6) is 0.0204. The molecule has 0 fully saturated rings. The van der Waals surface area contributed by atoms with E-state index in [4.69, 9.17) is 0 Å². The van der Waals surface area contributed by atoms with Crippen LogP contribution in [0.3, 0.4) is 0 Å². The monoisotopic (exact) mass is 365 g/mol. The molecule has 3 rings (SSSR count). The highest BCUT2D eigenvalue weighted by Crippen LogP contribution is 2.36. The zero-order valence-corrected chi connectivity index (χ0v) is 16.3. The van der Waals surface area contributed by atoms with Crippen molar-refractivity contribution in [1.29, 1.82) is 0 Å². The average Bonchev–Trinajstić information content (AvgIpc) is 2.63. The molecule has 0 aliphatic carbocycles. The third kappa shape index (κ3) is 3.74. The summed E-state index contributed by atoms with van der Waals surface area (Å²) in [5, 5.41) is 6.28. The van der Waals surface area contributed by atoms with E-state index in [2.05, 4.69) is 36.6 Å². The van der Waals surface area contributed by atoms with E-state index in [0.29, 0.717) is 11.6 Å². The van der Waals surface area contributed by atoms with E-state index in [-0.39, 0.29) is 24.4 Å². The molecule has 2 aromatic carbocycles. The summed E-state index contributed by atoms with van der Waals surface area (Å²) < 4.78 is 0. The van der Waals surface area contributed by atoms with E-state index in [0.717, 1.165) is 11.3 Å². The first kappa shape index (κ1) is 19.1. The Morgan fingerprint density at radius 2 is 1.70 bits per heavy atom. The van der Waals surface area contributed by atoms with E-state index < -0.39 is 5.54 Å². The van der Waals surface area contributed by atoms with Gasteiger partial charge in [-0.3, -0.25) is 14.5 Å². The molecule has 0 saturated heterocycles. The molecule has 0 saturated carbocycles. The SMILES string of the molecule is CC(C)[C@@H](NCC(=O)N1c2ccccc2NC(=O)C1(C)C)c1ccccc1. The van der Waals surface area contributed by atoms with Gasteiger partial charge in [-0.15, -0.1) is 0 Å². The summed E-state index contributed by atoms with van der Waals surface area (Å²) in [4.78, 5) is 27.3. The van der Waals surface area contributed by atoms with Gasteiger partial charge in [-0.25, -0.2) is 0 Å². The lowest BCUT2D eigenvalue weighted by atomic mass is 9.95. The van der Waals surface area contributed by atoms with Crippen LogP contribution in [0.2, 0.25) is 0 Å². The third-order valence-electron chi connectivity index (χ3n) is 5.06. The highest BCUT2D eigenvalue weighted by Gasteiger charge is 2.43. The van der Waals surface area contributed by atoms with Gasteiger partial charge in [0.1, 0.15) is 5.54 Å². The normalized spacial score (nSPS) is 16.6. The van der Waals surface area contributed by atoms with Gasteiger partial charge < -0.3 is 10.6 Å². The molecule has 2 aromatic rings. The lowest BCUT2D eigenvalue weighted by molar-refractivity contribution is -0.126. The van der Waals surface area contributed by atoms with Crippen LogP contribution in [0.4, 0.5) is 11.4 Å². The van der Waals surface area contributed by atoms with Crippen molar-refractivity contribution in [2.75, 3.05) is 16.8 Å². The number of anilines is 2. The van der Waals surface area contributed by atoms with Gasteiger partial charge in [0.2, 0.25) is 11.8 Å². The summed E-state index contributed by atoms with van der Waals surface area (Å²) in [7, 11) is 0. The number of hydrogen-bond acceptors (Lipinski definition) is 3. The van der Waals surface area contributed by atoms with Crippen molar-refractivity contribution in [3.63, 3.8) is 0 Å². The molecule has 0 unspecified atom stereocenters. The standard InChI is InChI=1S/C22H27N3O2/c1-15(2)20(16-10-6-5-7-11-16)23-14-19(26)25-18-13-9-8-12-17(18)24-21(27)22(25,3)4/h5-13,15,20,23H,14H2,1-4H3,(H,24,27)/t20-/m1/s1. The second kappa shape index (κ2) is 7.53. The molecule has 0 spiro atoms. The molecule has 2 N–H and O–H groups in total. The van der Waals surface area contributed by atoms with Crippen LogP contribution in [0.1, 0.15) is 39.3 Å². The molecule has 0 radical (unpaired) electrons. The van der Waals surface area contributed by atoms with Crippen molar-refractivity contribution >= 4 is 23.2 Å². The minimum absolute atomic E-state index is 0.0622. The van der Waals surface area contributed by atoms with Crippen molar-refractivity contribution in [3.05, 3.63) is 60.2 Å². The highest BCUT2D eigenvalue weighted by molar-refractivity contribution is 6.14. The minimum Gasteiger partial charge on any atom is -0.322 e. The van der Waals surface area contributed by atoms with Crippen molar-refractivity contribution in [1.82, 2.24) is 5.32 Å². The van der Waals surface area contributed by atoms with Gasteiger partial charge in [0.15, 0.2) is 0 Å². The molecule has 5 nitrogen and oxygen atoms in total. The molecule has 1 atom stereocenters. The number of fused-ring (bicyclic) bond motifs is 1. The fourth-order valence-corrected chi connectivity index (χ4v) is 3.57. The number of rotatable bonds is 5. The maximum Gasteiger partial charge on any atom is 0.250 e. The highest BCUT2D eigenvalue weighted by atomic mass is 16.2. The Bertz CT molecular complexity index is 830. The quantitative estimate of drug-likeness (QED) is 0.849. The Kier molecular flexibility index (Phi) is 5.33. The van der Waals surface area contributed by atoms with Crippen molar-refractivity contribution < 1.29 is 9.59 Å². The zero-order chi connectivity index (χ0) is 19.6. The summed E-state index contributed by atoms with van der Waals surface area (Å²) in [6.45, 7) is 7.95. The molecule has 5 heteroatoms. The molecule has 0 bridgehead atoms. The number of benzene rings is 2. The molecule has 1 heterocycles. The van der Waals surface area contributed by atoms with Crippen LogP contribution >= 0.6 is 0 Å². The predicted molar refractivity (Wildman–Crippen MR) is 109 cm³/mol. The van der Waals surface area contributed by atoms with E-state index >= 15 is 0 Å². The summed E-state index contributed by atoms with van der Waals surface area (Å²) in [6.07, 6.45) is 0. The molecule has 0 aromatic heterocycles. The first-order valence-corrected chi connectivity index (χ1v) is 9.34. The number of nitrogens with one attached hydrogen (secondary N) is 2. The molecule has 27 heavy (non-hydrogen) atoms. The van der Waals surface area contributed by atoms with Gasteiger partial charge in [0.25, 0.3) is 0 Å². The molecular weight excluding hydrogens is 338 g/mol. The second-order valence-corrected chi connectivity index (χ2v) is 7.77. The Labute approximate surface area is 160 Å². The molecular formula is C22H27N3O2. The number of carbonyl (C=O) groups excluding carboxylic acids is 2. The lowest BCUT2D eigenvalue weighted by Gasteiger charge is -2.42. The van der Waals surface area contributed by atoms with Crippen LogP contribution < -0.4 is 15.5 Å². The molecule has 142 valence electrons. The summed E-state index contributed by atoms with van der Waals surface area (Å²) in [5.41, 5.74) is 1.59. The number of amides is 2. The van der Waals surface area contributed by atoms with E-state index in [1.807, 2.05) is 42.5 Å². The number of hydrogen-bond donors (Lipinski definition) is 2. The Balaban J connectivity index is 1.83. The first-order valence-electron chi connectivity index (χ1n) is 9.34. The Morgan fingerprint density at radius 1 is 1.07 bits per heavy atom. The number of para-hydroxylation sites is 2. The zero-order valence-electron chi connectivity index (χ0n) is 16.3. The van der Waals surface area contributed by atoms with Gasteiger partial charge in [-0.2, -0.15) is 0 Å². The molecule has 1 aliphatic rings. The first-order chi connectivity index (χ1) is 12.8. The van der Waals surface area contributed by atoms with Crippen LogP contribution in [-0.4, -0.2) is 23.9 Å². The van der Waals surface area contributed by atoms with Crippen LogP contribution in [0, 0.1) is 5.92 Å². The van der Waals surface area contributed by atoms with E-state index in [1.54, 1.807) is 18.7 Å². The van der Waals surface area contributed by atoms with Gasteiger partial charge in [-0.05, 0) is 37.5 Å². The maximum absolute atomic E-state index is 13.2. The molecule has 1 aliphatic heterocycles. The van der Waals surface area contributed by atoms with Crippen molar-refractivity contribution in [2.45, 2.75) is 39.3 Å². The minimum atomic E-state index is -0.951. The second-order valence-electron chi connectivity index (χ2n) is 7.77. The largest absolute Gasteiger partial charge is 0.322 e. The molecule has 2 amide bonds. The van der Waals surface area contributed by atoms with Gasteiger partial charge in [0, 0.05) is 6.04 Å². The topological polar surface area (TPSA) is 61.4 Å². The summed E-state index contributed by atoms with van der Waals surface area (Å²) >= 11 is 0. The average molecular weight is 365 g/mol. The number of nitrogens with zero attached hydrogens (tertiary/aromatic N) is 1. The van der Waals surface area contributed by atoms with Crippen LogP contribution in [0.25, 0.3) is 0 Å².